The van der Waals surface area contributed by atoms with Crippen molar-refractivity contribution in [3.05, 3.63) is 35.7 Å². The van der Waals surface area contributed by atoms with Crippen LogP contribution in [0, 0.1) is 0 Å². The molecule has 26 heavy (non-hydrogen) atoms. The number of amides is 2. The van der Waals surface area contributed by atoms with Crippen LogP contribution >= 0.6 is 0 Å². The molecule has 1 fully saturated rings. The summed E-state index contributed by atoms with van der Waals surface area (Å²) >= 11 is 0. The van der Waals surface area contributed by atoms with Gasteiger partial charge in [0.2, 0.25) is 5.82 Å². The Balaban J connectivity index is 1.74. The molecular weight excluding hydrogens is 353 g/mol. The largest absolute Gasteiger partial charge is 0.471 e. The Bertz CT molecular complexity index is 813. The Labute approximate surface area is 146 Å². The number of alkyl halides is 3. The van der Waals surface area contributed by atoms with Gasteiger partial charge in [-0.1, -0.05) is 29.4 Å². The lowest BCUT2D eigenvalue weighted by atomic mass is 10.1. The molecule has 1 N–H and O–H groups in total. The number of carbonyl (C=O) groups excluding carboxylic acids is 2. The number of hydrogen-bond acceptors (Lipinski definition) is 5. The standard InChI is InChI=1S/C16H15F3N4O3/c1-20-13(24)14(25)23(11-6-7-11)8-9-2-4-10(5-3-9)12-21-15(26-22-12)16(17,18)19/h2-5,11H,6-8H2,1H3,(H,20,24). The lowest BCUT2D eigenvalue weighted by Crippen LogP contribution is -2.42. The summed E-state index contributed by atoms with van der Waals surface area (Å²) in [6.07, 6.45) is -3.02. The summed E-state index contributed by atoms with van der Waals surface area (Å²) in [7, 11) is 1.39. The second kappa shape index (κ2) is 6.77. The maximum Gasteiger partial charge on any atom is 0.471 e. The van der Waals surface area contributed by atoms with Crippen LogP contribution in [-0.4, -0.2) is 39.9 Å². The topological polar surface area (TPSA) is 88.3 Å². The van der Waals surface area contributed by atoms with Gasteiger partial charge in [0.05, 0.1) is 0 Å². The van der Waals surface area contributed by atoms with Crippen molar-refractivity contribution in [2.45, 2.75) is 31.6 Å². The number of carbonyl (C=O) groups is 2. The molecule has 0 spiro atoms. The summed E-state index contributed by atoms with van der Waals surface area (Å²) in [6, 6.07) is 6.40. The first-order valence-corrected chi connectivity index (χ1v) is 7.82. The molecule has 0 aliphatic heterocycles. The highest BCUT2D eigenvalue weighted by Gasteiger charge is 2.38. The molecule has 1 aliphatic carbocycles. The van der Waals surface area contributed by atoms with Gasteiger partial charge >= 0.3 is 23.9 Å². The average Bonchev–Trinajstić information content (AvgIpc) is 3.32. The van der Waals surface area contributed by atoms with E-state index in [-0.39, 0.29) is 18.4 Å². The van der Waals surface area contributed by atoms with Crippen molar-refractivity contribution in [3.63, 3.8) is 0 Å². The van der Waals surface area contributed by atoms with Gasteiger partial charge in [0.25, 0.3) is 0 Å². The van der Waals surface area contributed by atoms with Gasteiger partial charge in [-0.3, -0.25) is 9.59 Å². The molecule has 1 saturated carbocycles. The van der Waals surface area contributed by atoms with Crippen molar-refractivity contribution in [2.75, 3.05) is 7.05 Å². The first-order valence-electron chi connectivity index (χ1n) is 7.82. The van der Waals surface area contributed by atoms with E-state index in [2.05, 4.69) is 20.0 Å². The minimum absolute atomic E-state index is 0.0334. The van der Waals surface area contributed by atoms with E-state index in [1.807, 2.05) is 0 Å². The molecule has 0 radical (unpaired) electrons. The molecule has 7 nitrogen and oxygen atoms in total. The van der Waals surface area contributed by atoms with Crippen LogP contribution in [0.1, 0.15) is 24.3 Å². The van der Waals surface area contributed by atoms with Crippen molar-refractivity contribution >= 4 is 11.8 Å². The number of likely N-dealkylation sites (N-methyl/N-ethyl adjacent to an activating group) is 1. The van der Waals surface area contributed by atoms with Crippen LogP contribution in [0.15, 0.2) is 28.8 Å². The van der Waals surface area contributed by atoms with Gasteiger partial charge in [-0.15, -0.1) is 0 Å². The zero-order chi connectivity index (χ0) is 18.9. The van der Waals surface area contributed by atoms with Gasteiger partial charge in [0.15, 0.2) is 0 Å². The van der Waals surface area contributed by atoms with E-state index >= 15 is 0 Å². The fourth-order valence-electron chi connectivity index (χ4n) is 2.40. The molecule has 0 saturated heterocycles. The van der Waals surface area contributed by atoms with Crippen LogP contribution in [0.25, 0.3) is 11.4 Å². The Morgan fingerprint density at radius 1 is 1.27 bits per heavy atom. The lowest BCUT2D eigenvalue weighted by Gasteiger charge is -2.21. The number of nitrogens with one attached hydrogen (secondary N) is 1. The third kappa shape index (κ3) is 3.84. The summed E-state index contributed by atoms with van der Waals surface area (Å²) < 4.78 is 41.7. The van der Waals surface area contributed by atoms with E-state index < -0.39 is 23.9 Å². The first-order chi connectivity index (χ1) is 12.3. The van der Waals surface area contributed by atoms with Crippen molar-refractivity contribution < 1.29 is 27.3 Å². The fraction of sp³-hybridized carbons (Fsp3) is 0.375. The molecule has 1 aromatic heterocycles. The van der Waals surface area contributed by atoms with Gasteiger partial charge in [-0.05, 0) is 18.4 Å². The second-order valence-electron chi connectivity index (χ2n) is 5.86. The summed E-state index contributed by atoms with van der Waals surface area (Å²) in [5, 5.41) is 5.63. The van der Waals surface area contributed by atoms with Crippen LogP contribution < -0.4 is 5.32 Å². The van der Waals surface area contributed by atoms with Gasteiger partial charge < -0.3 is 14.7 Å². The van der Waals surface area contributed by atoms with E-state index in [0.717, 1.165) is 18.4 Å². The Kier molecular flexibility index (Phi) is 4.66. The maximum absolute atomic E-state index is 12.5. The SMILES string of the molecule is CNC(=O)C(=O)N(Cc1ccc(-c2noc(C(F)(F)F)n2)cc1)C1CC1. The summed E-state index contributed by atoms with van der Waals surface area (Å²) in [4.78, 5) is 28.5. The van der Waals surface area contributed by atoms with E-state index in [1.54, 1.807) is 12.1 Å². The number of benzene rings is 1. The Morgan fingerprint density at radius 2 is 1.92 bits per heavy atom. The number of rotatable bonds is 4. The van der Waals surface area contributed by atoms with Crippen molar-refractivity contribution in [3.8, 4) is 11.4 Å². The highest BCUT2D eigenvalue weighted by molar-refractivity contribution is 6.35. The lowest BCUT2D eigenvalue weighted by molar-refractivity contribution is -0.159. The summed E-state index contributed by atoms with van der Waals surface area (Å²) in [5.74, 6) is -2.87. The zero-order valence-corrected chi connectivity index (χ0v) is 13.7. The molecule has 1 aliphatic rings. The third-order valence-electron chi connectivity index (χ3n) is 3.90. The molecule has 0 atom stereocenters. The van der Waals surface area contributed by atoms with Crippen LogP contribution in [0.4, 0.5) is 13.2 Å². The third-order valence-corrected chi connectivity index (χ3v) is 3.90. The normalized spacial score (nSPS) is 14.2. The number of nitrogens with zero attached hydrogens (tertiary/aromatic N) is 3. The minimum atomic E-state index is -4.70. The summed E-state index contributed by atoms with van der Waals surface area (Å²) in [6.45, 7) is 0.233. The molecule has 10 heteroatoms. The Morgan fingerprint density at radius 3 is 2.42 bits per heavy atom. The smallest absolute Gasteiger partial charge is 0.351 e. The van der Waals surface area contributed by atoms with Crippen molar-refractivity contribution in [2.24, 2.45) is 0 Å². The first kappa shape index (κ1) is 17.9. The van der Waals surface area contributed by atoms with Crippen LogP contribution in [0.2, 0.25) is 0 Å². The molecule has 2 aromatic rings. The number of halogens is 3. The molecule has 0 bridgehead atoms. The molecular formula is C16H15F3N4O3. The fourth-order valence-corrected chi connectivity index (χ4v) is 2.40. The predicted molar refractivity (Wildman–Crippen MR) is 82.4 cm³/mol. The van der Waals surface area contributed by atoms with E-state index in [4.69, 9.17) is 0 Å². The summed E-state index contributed by atoms with van der Waals surface area (Å²) in [5.41, 5.74) is 1.08. The van der Waals surface area contributed by atoms with E-state index in [9.17, 15) is 22.8 Å². The van der Waals surface area contributed by atoms with Crippen LogP contribution in [0.5, 0.6) is 0 Å². The minimum Gasteiger partial charge on any atom is -0.351 e. The van der Waals surface area contributed by atoms with Gasteiger partial charge in [-0.25, -0.2) is 0 Å². The monoisotopic (exact) mass is 368 g/mol. The quantitative estimate of drug-likeness (QED) is 0.834. The number of aromatic nitrogens is 2. The molecule has 1 aromatic carbocycles. The van der Waals surface area contributed by atoms with Crippen molar-refractivity contribution in [1.82, 2.24) is 20.4 Å². The molecule has 0 unspecified atom stereocenters. The second-order valence-corrected chi connectivity index (χ2v) is 5.86. The van der Waals surface area contributed by atoms with Crippen LogP contribution in [-0.2, 0) is 22.3 Å². The van der Waals surface area contributed by atoms with Gasteiger partial charge in [0, 0.05) is 25.2 Å². The predicted octanol–water partition coefficient (Wildman–Crippen LogP) is 1.99. The average molecular weight is 368 g/mol. The Hall–Kier alpha value is -2.91. The number of hydrogen-bond donors (Lipinski definition) is 1. The molecule has 138 valence electrons. The molecule has 2 amide bonds. The molecule has 1 heterocycles. The van der Waals surface area contributed by atoms with E-state index in [1.165, 1.54) is 24.1 Å². The van der Waals surface area contributed by atoms with Gasteiger partial charge in [0.1, 0.15) is 0 Å². The van der Waals surface area contributed by atoms with E-state index in [0.29, 0.717) is 5.56 Å². The van der Waals surface area contributed by atoms with Crippen LogP contribution in [0.3, 0.4) is 0 Å². The van der Waals surface area contributed by atoms with Gasteiger partial charge in [-0.2, -0.15) is 18.2 Å². The zero-order valence-electron chi connectivity index (χ0n) is 13.7. The maximum atomic E-state index is 12.5. The highest BCUT2D eigenvalue weighted by atomic mass is 19.4. The highest BCUT2D eigenvalue weighted by Crippen LogP contribution is 2.30. The molecule has 3 rings (SSSR count). The van der Waals surface area contributed by atoms with Crippen molar-refractivity contribution in [1.29, 1.82) is 0 Å².